The van der Waals surface area contributed by atoms with Crippen LogP contribution in [-0.2, 0) is 13.6 Å². The maximum atomic E-state index is 4.50. The zero-order valence-corrected chi connectivity index (χ0v) is 10.8. The van der Waals surface area contributed by atoms with E-state index in [-0.39, 0.29) is 0 Å². The van der Waals surface area contributed by atoms with E-state index in [4.69, 9.17) is 0 Å². The van der Waals surface area contributed by atoms with Gasteiger partial charge in [0.15, 0.2) is 5.17 Å². The number of thioether (sulfide) groups is 1. The first kappa shape index (κ1) is 11.5. The largest absolute Gasteiger partial charge is 0.361 e. The molecule has 1 aliphatic heterocycles. The van der Waals surface area contributed by atoms with Crippen LogP contribution in [0.25, 0.3) is 0 Å². The van der Waals surface area contributed by atoms with Gasteiger partial charge in [0.2, 0.25) is 0 Å². The molecule has 88 valence electrons. The minimum Gasteiger partial charge on any atom is -0.361 e. The van der Waals surface area contributed by atoms with E-state index in [0.717, 1.165) is 29.7 Å². The van der Waals surface area contributed by atoms with Crippen LogP contribution in [0, 0.1) is 12.8 Å². The second kappa shape index (κ2) is 4.91. The summed E-state index contributed by atoms with van der Waals surface area (Å²) in [5.41, 5.74) is 2.33. The monoisotopic (exact) mass is 238 g/mol. The molecule has 1 aromatic rings. The topological polar surface area (TPSA) is 42.2 Å². The Morgan fingerprint density at radius 3 is 3.00 bits per heavy atom. The summed E-state index contributed by atoms with van der Waals surface area (Å²) < 4.78 is 1.85. The molecular formula is C11H18N4S. The van der Waals surface area contributed by atoms with E-state index in [0.29, 0.717) is 5.92 Å². The molecule has 1 unspecified atom stereocenters. The molecule has 2 heterocycles. The average molecular weight is 238 g/mol. The van der Waals surface area contributed by atoms with Gasteiger partial charge in [0.25, 0.3) is 0 Å². The fraction of sp³-hybridized carbons (Fsp3) is 0.636. The number of aryl methyl sites for hydroxylation is 2. The van der Waals surface area contributed by atoms with Crippen molar-refractivity contribution in [2.75, 3.05) is 12.3 Å². The molecule has 0 aliphatic carbocycles. The molecule has 0 saturated heterocycles. The van der Waals surface area contributed by atoms with Crippen molar-refractivity contribution in [3.8, 4) is 0 Å². The number of rotatable bonds is 2. The van der Waals surface area contributed by atoms with Gasteiger partial charge in [0.1, 0.15) is 0 Å². The minimum atomic E-state index is 0.704. The van der Waals surface area contributed by atoms with Gasteiger partial charge >= 0.3 is 0 Å². The van der Waals surface area contributed by atoms with Crippen molar-refractivity contribution in [1.82, 2.24) is 15.1 Å². The number of hydrogen-bond donors (Lipinski definition) is 1. The second-order valence-electron chi connectivity index (χ2n) is 4.33. The molecule has 0 saturated carbocycles. The van der Waals surface area contributed by atoms with Gasteiger partial charge in [-0.1, -0.05) is 18.7 Å². The molecule has 0 fully saturated rings. The quantitative estimate of drug-likeness (QED) is 0.850. The smallest absolute Gasteiger partial charge is 0.156 e. The van der Waals surface area contributed by atoms with Crippen molar-refractivity contribution in [1.29, 1.82) is 0 Å². The molecule has 0 aromatic carbocycles. The highest BCUT2D eigenvalue weighted by Crippen LogP contribution is 2.16. The van der Waals surface area contributed by atoms with E-state index in [9.17, 15) is 0 Å². The number of nitrogens with zero attached hydrogens (tertiary/aromatic N) is 3. The van der Waals surface area contributed by atoms with Gasteiger partial charge in [-0.25, -0.2) is 0 Å². The Morgan fingerprint density at radius 1 is 1.62 bits per heavy atom. The third-order valence-electron chi connectivity index (χ3n) is 2.60. The lowest BCUT2D eigenvalue weighted by Gasteiger charge is -2.17. The van der Waals surface area contributed by atoms with Crippen LogP contribution < -0.4 is 5.32 Å². The number of amidine groups is 1. The third-order valence-corrected chi connectivity index (χ3v) is 3.88. The summed E-state index contributed by atoms with van der Waals surface area (Å²) in [6.45, 7) is 6.04. The Morgan fingerprint density at radius 2 is 2.44 bits per heavy atom. The predicted octanol–water partition coefficient (Wildman–Crippen LogP) is 1.56. The predicted molar refractivity (Wildman–Crippen MR) is 68.7 cm³/mol. The van der Waals surface area contributed by atoms with E-state index in [1.807, 2.05) is 30.4 Å². The molecule has 1 atom stereocenters. The fourth-order valence-corrected chi connectivity index (χ4v) is 2.55. The highest BCUT2D eigenvalue weighted by molar-refractivity contribution is 8.13. The number of nitrogens with one attached hydrogen (secondary N) is 1. The number of hydrogen-bond acceptors (Lipinski definition) is 4. The first-order chi connectivity index (χ1) is 7.65. The van der Waals surface area contributed by atoms with Crippen LogP contribution in [0.2, 0.25) is 0 Å². The van der Waals surface area contributed by atoms with Crippen LogP contribution in [0.15, 0.2) is 11.2 Å². The van der Waals surface area contributed by atoms with E-state index < -0.39 is 0 Å². The summed E-state index contributed by atoms with van der Waals surface area (Å²) in [6, 6.07) is 0. The molecule has 1 aliphatic rings. The van der Waals surface area contributed by atoms with Crippen molar-refractivity contribution in [2.24, 2.45) is 18.0 Å². The lowest BCUT2D eigenvalue weighted by molar-refractivity contribution is 0.669. The highest BCUT2D eigenvalue weighted by Gasteiger charge is 2.12. The Hall–Kier alpha value is -0.970. The molecular weight excluding hydrogens is 220 g/mol. The molecule has 0 bridgehead atoms. The summed E-state index contributed by atoms with van der Waals surface area (Å²) in [7, 11) is 1.95. The standard InChI is InChI=1S/C11H18N4S/c1-8-4-12-11(16-7-8)13-5-10-6-15(3)14-9(10)2/h6,8H,4-5,7H2,1-3H3,(H,12,13). The van der Waals surface area contributed by atoms with Crippen LogP contribution in [0.5, 0.6) is 0 Å². The van der Waals surface area contributed by atoms with Crippen LogP contribution in [0.3, 0.4) is 0 Å². The normalized spacial score (nSPS) is 20.7. The summed E-state index contributed by atoms with van der Waals surface area (Å²) in [6.07, 6.45) is 2.05. The van der Waals surface area contributed by atoms with E-state index >= 15 is 0 Å². The van der Waals surface area contributed by atoms with Crippen molar-refractivity contribution in [2.45, 2.75) is 20.4 Å². The lowest BCUT2D eigenvalue weighted by Crippen LogP contribution is -2.25. The summed E-state index contributed by atoms with van der Waals surface area (Å²) in [5.74, 6) is 1.87. The van der Waals surface area contributed by atoms with Crippen molar-refractivity contribution in [3.05, 3.63) is 17.5 Å². The second-order valence-corrected chi connectivity index (χ2v) is 5.34. The maximum Gasteiger partial charge on any atom is 0.156 e. The van der Waals surface area contributed by atoms with E-state index in [1.54, 1.807) is 0 Å². The molecule has 16 heavy (non-hydrogen) atoms. The van der Waals surface area contributed by atoms with Crippen LogP contribution in [-0.4, -0.2) is 27.2 Å². The van der Waals surface area contributed by atoms with Crippen molar-refractivity contribution >= 4 is 16.9 Å². The molecule has 1 N–H and O–H groups in total. The molecule has 0 amide bonds. The fourth-order valence-electron chi connectivity index (χ4n) is 1.66. The molecule has 4 nitrogen and oxygen atoms in total. The Kier molecular flexibility index (Phi) is 3.53. The maximum absolute atomic E-state index is 4.50. The van der Waals surface area contributed by atoms with Gasteiger partial charge in [-0.3, -0.25) is 9.67 Å². The number of aromatic nitrogens is 2. The summed E-state index contributed by atoms with van der Waals surface area (Å²) in [5, 5.41) is 8.76. The Bertz CT molecular complexity index is 397. The highest BCUT2D eigenvalue weighted by atomic mass is 32.2. The molecule has 0 radical (unpaired) electrons. The molecule has 2 rings (SSSR count). The van der Waals surface area contributed by atoms with Crippen molar-refractivity contribution in [3.63, 3.8) is 0 Å². The summed E-state index contributed by atoms with van der Waals surface area (Å²) in [4.78, 5) is 4.50. The van der Waals surface area contributed by atoms with Gasteiger partial charge in [0.05, 0.1) is 5.69 Å². The van der Waals surface area contributed by atoms with Gasteiger partial charge in [-0.2, -0.15) is 5.10 Å². The van der Waals surface area contributed by atoms with E-state index in [1.165, 1.54) is 5.56 Å². The first-order valence-corrected chi connectivity index (χ1v) is 6.54. The molecule has 0 spiro atoms. The van der Waals surface area contributed by atoms with Gasteiger partial charge in [-0.05, 0) is 12.8 Å². The molecule has 5 heteroatoms. The SMILES string of the molecule is Cc1nn(C)cc1CNC1=NCC(C)CS1. The first-order valence-electron chi connectivity index (χ1n) is 5.55. The number of aliphatic imine (C=N–C) groups is 1. The lowest BCUT2D eigenvalue weighted by atomic mass is 10.2. The van der Waals surface area contributed by atoms with Crippen LogP contribution in [0.4, 0.5) is 0 Å². The Labute approximate surface area is 101 Å². The van der Waals surface area contributed by atoms with E-state index in [2.05, 4.69) is 28.5 Å². The minimum absolute atomic E-state index is 0.704. The Balaban J connectivity index is 1.90. The van der Waals surface area contributed by atoms with Crippen LogP contribution >= 0.6 is 11.8 Å². The summed E-state index contributed by atoms with van der Waals surface area (Å²) >= 11 is 1.81. The zero-order valence-electron chi connectivity index (χ0n) is 10.0. The zero-order chi connectivity index (χ0) is 11.5. The average Bonchev–Trinajstić information content (AvgIpc) is 2.57. The third kappa shape index (κ3) is 2.78. The van der Waals surface area contributed by atoms with Crippen molar-refractivity contribution < 1.29 is 0 Å². The van der Waals surface area contributed by atoms with Gasteiger partial charge in [-0.15, -0.1) is 0 Å². The van der Waals surface area contributed by atoms with Gasteiger partial charge < -0.3 is 5.32 Å². The van der Waals surface area contributed by atoms with Gasteiger partial charge in [0, 0.05) is 37.7 Å². The molecule has 1 aromatic heterocycles. The van der Waals surface area contributed by atoms with Crippen LogP contribution in [0.1, 0.15) is 18.2 Å².